The largest absolute Gasteiger partial charge is 0.380 e. The Bertz CT molecular complexity index is 630. The fraction of sp³-hybridized carbons (Fsp3) is 0.278. The lowest BCUT2D eigenvalue weighted by atomic mass is 10.1. The van der Waals surface area contributed by atoms with Crippen LogP contribution in [0.3, 0.4) is 0 Å². The number of para-hydroxylation sites is 1. The summed E-state index contributed by atoms with van der Waals surface area (Å²) in [6.45, 7) is 3.12. The number of hydrogen-bond donors (Lipinski definition) is 1. The Morgan fingerprint density at radius 1 is 1.10 bits per heavy atom. The fourth-order valence-corrected chi connectivity index (χ4v) is 2.86. The third-order valence-corrected chi connectivity index (χ3v) is 3.93. The minimum absolute atomic E-state index is 0.420. The summed E-state index contributed by atoms with van der Waals surface area (Å²) >= 11 is 0. The van der Waals surface area contributed by atoms with Crippen LogP contribution < -0.4 is 5.32 Å². The minimum Gasteiger partial charge on any atom is -0.380 e. The third-order valence-electron chi connectivity index (χ3n) is 3.93. The molecule has 21 heavy (non-hydrogen) atoms. The number of hydrogen-bond acceptors (Lipinski definition) is 3. The number of likely N-dealkylation sites (tertiary alicyclic amines) is 1. The molecule has 2 aromatic rings. The number of rotatable bonds is 4. The first-order valence-corrected chi connectivity index (χ1v) is 7.37. The molecule has 1 aliphatic heterocycles. The Hall–Kier alpha value is -2.31. The number of anilines is 1. The zero-order valence-electron chi connectivity index (χ0n) is 12.0. The van der Waals surface area contributed by atoms with Crippen LogP contribution in [0.25, 0.3) is 0 Å². The Labute approximate surface area is 125 Å². The topological polar surface area (TPSA) is 39.1 Å². The van der Waals surface area contributed by atoms with Gasteiger partial charge < -0.3 is 5.32 Å². The van der Waals surface area contributed by atoms with Crippen LogP contribution in [0.1, 0.15) is 17.5 Å². The van der Waals surface area contributed by atoms with Gasteiger partial charge in [0.05, 0.1) is 11.3 Å². The van der Waals surface area contributed by atoms with Crippen molar-refractivity contribution in [3.63, 3.8) is 0 Å². The molecule has 3 heteroatoms. The highest BCUT2D eigenvalue weighted by Crippen LogP contribution is 2.20. The number of nitrogens with zero attached hydrogens (tertiary/aromatic N) is 2. The van der Waals surface area contributed by atoms with Gasteiger partial charge in [0.1, 0.15) is 6.07 Å². The van der Waals surface area contributed by atoms with Gasteiger partial charge in [0.25, 0.3) is 0 Å². The molecule has 0 saturated carbocycles. The van der Waals surface area contributed by atoms with Crippen molar-refractivity contribution in [1.29, 1.82) is 5.26 Å². The van der Waals surface area contributed by atoms with Gasteiger partial charge in [-0.25, -0.2) is 0 Å². The van der Waals surface area contributed by atoms with Gasteiger partial charge in [0.15, 0.2) is 0 Å². The molecule has 1 heterocycles. The lowest BCUT2D eigenvalue weighted by Gasteiger charge is -2.18. The summed E-state index contributed by atoms with van der Waals surface area (Å²) in [5.41, 5.74) is 3.03. The van der Waals surface area contributed by atoms with Gasteiger partial charge in [-0.1, -0.05) is 42.5 Å². The average molecular weight is 277 g/mol. The predicted molar refractivity (Wildman–Crippen MR) is 84.9 cm³/mol. The summed E-state index contributed by atoms with van der Waals surface area (Å²) in [5.74, 6) is 0. The van der Waals surface area contributed by atoms with Crippen molar-refractivity contribution in [2.75, 3.05) is 18.4 Å². The van der Waals surface area contributed by atoms with Gasteiger partial charge in [-0.2, -0.15) is 5.26 Å². The molecule has 1 aliphatic rings. The maximum atomic E-state index is 9.14. The number of nitriles is 1. The second-order valence-electron chi connectivity index (χ2n) is 5.51. The summed E-state index contributed by atoms with van der Waals surface area (Å²) in [6.07, 6.45) is 1.12. The smallest absolute Gasteiger partial charge is 0.101 e. The molecule has 106 valence electrons. The first kappa shape index (κ1) is 13.7. The molecule has 1 N–H and O–H groups in total. The second kappa shape index (κ2) is 6.43. The van der Waals surface area contributed by atoms with Crippen LogP contribution in [0.5, 0.6) is 0 Å². The standard InChI is InChI=1S/C18H19N3/c19-12-16-8-4-5-9-18(16)20-17-10-11-21(14-17)13-15-6-2-1-3-7-15/h1-9,17,20H,10-11,13-14H2. The molecule has 3 nitrogen and oxygen atoms in total. The Morgan fingerprint density at radius 3 is 2.67 bits per heavy atom. The number of benzene rings is 2. The highest BCUT2D eigenvalue weighted by Gasteiger charge is 2.22. The van der Waals surface area contributed by atoms with E-state index < -0.39 is 0 Å². The summed E-state index contributed by atoms with van der Waals surface area (Å²) in [5, 5.41) is 12.7. The summed E-state index contributed by atoms with van der Waals surface area (Å²) in [6, 6.07) is 21.0. The van der Waals surface area contributed by atoms with Gasteiger partial charge in [-0.3, -0.25) is 4.90 Å². The molecule has 0 bridgehead atoms. The molecule has 1 unspecified atom stereocenters. The van der Waals surface area contributed by atoms with Crippen molar-refractivity contribution in [2.24, 2.45) is 0 Å². The zero-order chi connectivity index (χ0) is 14.5. The summed E-state index contributed by atoms with van der Waals surface area (Å²) < 4.78 is 0. The van der Waals surface area contributed by atoms with Crippen molar-refractivity contribution in [3.05, 3.63) is 65.7 Å². The second-order valence-corrected chi connectivity index (χ2v) is 5.51. The van der Waals surface area contributed by atoms with Gasteiger partial charge in [0.2, 0.25) is 0 Å². The fourth-order valence-electron chi connectivity index (χ4n) is 2.86. The average Bonchev–Trinajstić information content (AvgIpc) is 2.96. The van der Waals surface area contributed by atoms with E-state index in [2.05, 4.69) is 46.6 Å². The zero-order valence-corrected chi connectivity index (χ0v) is 12.0. The summed E-state index contributed by atoms with van der Waals surface area (Å²) in [4.78, 5) is 2.46. The van der Waals surface area contributed by atoms with E-state index in [-0.39, 0.29) is 0 Å². The van der Waals surface area contributed by atoms with Crippen molar-refractivity contribution in [3.8, 4) is 6.07 Å². The van der Waals surface area contributed by atoms with Gasteiger partial charge in [-0.15, -0.1) is 0 Å². The van der Waals surface area contributed by atoms with Crippen LogP contribution in [0, 0.1) is 11.3 Å². The molecule has 2 aromatic carbocycles. The molecule has 3 rings (SSSR count). The van der Waals surface area contributed by atoms with E-state index in [0.29, 0.717) is 6.04 Å². The van der Waals surface area contributed by atoms with Gasteiger partial charge >= 0.3 is 0 Å². The molecular formula is C18H19N3. The van der Waals surface area contributed by atoms with E-state index in [1.54, 1.807) is 0 Å². The van der Waals surface area contributed by atoms with E-state index in [1.165, 1.54) is 5.56 Å². The normalized spacial score (nSPS) is 18.3. The Morgan fingerprint density at radius 2 is 1.86 bits per heavy atom. The van der Waals surface area contributed by atoms with E-state index >= 15 is 0 Å². The maximum Gasteiger partial charge on any atom is 0.101 e. The SMILES string of the molecule is N#Cc1ccccc1NC1CCN(Cc2ccccc2)C1. The van der Waals surface area contributed by atoms with E-state index in [9.17, 15) is 0 Å². The van der Waals surface area contributed by atoms with Crippen LogP contribution in [-0.2, 0) is 6.54 Å². The van der Waals surface area contributed by atoms with Crippen molar-refractivity contribution >= 4 is 5.69 Å². The van der Waals surface area contributed by atoms with Crippen molar-refractivity contribution in [1.82, 2.24) is 4.90 Å². The van der Waals surface area contributed by atoms with Gasteiger partial charge in [-0.05, 0) is 24.1 Å². The molecule has 1 atom stereocenters. The molecule has 0 aliphatic carbocycles. The van der Waals surface area contributed by atoms with Crippen LogP contribution in [0.2, 0.25) is 0 Å². The van der Waals surface area contributed by atoms with Crippen LogP contribution >= 0.6 is 0 Å². The van der Waals surface area contributed by atoms with Crippen LogP contribution in [0.4, 0.5) is 5.69 Å². The van der Waals surface area contributed by atoms with Crippen LogP contribution in [0.15, 0.2) is 54.6 Å². The maximum absolute atomic E-state index is 9.14. The molecule has 0 aromatic heterocycles. The first-order valence-electron chi connectivity index (χ1n) is 7.37. The van der Waals surface area contributed by atoms with Gasteiger partial charge in [0, 0.05) is 25.7 Å². The molecule has 1 saturated heterocycles. The van der Waals surface area contributed by atoms with E-state index in [4.69, 9.17) is 5.26 Å². The highest BCUT2D eigenvalue weighted by molar-refractivity contribution is 5.57. The lowest BCUT2D eigenvalue weighted by Crippen LogP contribution is -2.26. The van der Waals surface area contributed by atoms with Crippen LogP contribution in [-0.4, -0.2) is 24.0 Å². The Balaban J connectivity index is 1.59. The molecule has 1 fully saturated rings. The monoisotopic (exact) mass is 277 g/mol. The first-order chi connectivity index (χ1) is 10.3. The minimum atomic E-state index is 0.420. The van der Waals surface area contributed by atoms with E-state index in [0.717, 1.165) is 37.3 Å². The predicted octanol–water partition coefficient (Wildman–Crippen LogP) is 3.24. The summed E-state index contributed by atoms with van der Waals surface area (Å²) in [7, 11) is 0. The number of nitrogens with one attached hydrogen (secondary N) is 1. The lowest BCUT2D eigenvalue weighted by molar-refractivity contribution is 0.328. The van der Waals surface area contributed by atoms with Crippen molar-refractivity contribution in [2.45, 2.75) is 19.0 Å². The van der Waals surface area contributed by atoms with E-state index in [1.807, 2.05) is 24.3 Å². The third kappa shape index (κ3) is 3.42. The molecule has 0 amide bonds. The Kier molecular flexibility index (Phi) is 4.18. The quantitative estimate of drug-likeness (QED) is 0.932. The molecular weight excluding hydrogens is 258 g/mol. The molecule has 0 radical (unpaired) electrons. The highest BCUT2D eigenvalue weighted by atomic mass is 15.2. The van der Waals surface area contributed by atoms with Crippen molar-refractivity contribution < 1.29 is 0 Å². The molecule has 0 spiro atoms.